The molecule has 3 rings (SSSR count). The summed E-state index contributed by atoms with van der Waals surface area (Å²) in [5.74, 6) is -2.70. The fraction of sp³-hybridized carbons (Fsp3) is 0.731. The molecule has 3 heterocycles. The minimum absolute atomic E-state index is 0.0469. The monoisotopic (exact) mass is 476 g/mol. The van der Waals surface area contributed by atoms with Crippen LogP contribution in [0.25, 0.3) is 0 Å². The number of carbonyl (C=O) groups excluding carboxylic acids is 3. The number of hydrogen-bond donors (Lipinski definition) is 1. The van der Waals surface area contributed by atoms with Gasteiger partial charge in [0.25, 0.3) is 0 Å². The minimum Gasteiger partial charge on any atom is -0.461 e. The molecular weight excluding hydrogens is 436 g/mol. The molecule has 2 amide bonds. The second kappa shape index (κ2) is 9.82. The normalized spacial score (nSPS) is 31.7. The van der Waals surface area contributed by atoms with Gasteiger partial charge in [-0.05, 0) is 39.5 Å². The maximum absolute atomic E-state index is 14.2. The lowest BCUT2D eigenvalue weighted by atomic mass is 9.70. The van der Waals surface area contributed by atoms with Crippen molar-refractivity contribution in [2.24, 2.45) is 17.8 Å². The Kier molecular flexibility index (Phi) is 7.63. The molecule has 1 spiro atoms. The second-order valence-electron chi connectivity index (χ2n) is 10.8. The van der Waals surface area contributed by atoms with Gasteiger partial charge < -0.3 is 24.4 Å². The largest absolute Gasteiger partial charge is 0.461 e. The number of ether oxygens (including phenoxy) is 2. The van der Waals surface area contributed by atoms with Gasteiger partial charge in [0.05, 0.1) is 30.6 Å². The Morgan fingerprint density at radius 2 is 2.03 bits per heavy atom. The van der Waals surface area contributed by atoms with E-state index in [1.807, 2.05) is 34.6 Å². The number of aliphatic hydroxyl groups excluding tert-OH is 1. The fourth-order valence-electron chi connectivity index (χ4n) is 6.02. The lowest BCUT2D eigenvalue weighted by Gasteiger charge is -2.44. The summed E-state index contributed by atoms with van der Waals surface area (Å²) < 4.78 is 11.8. The van der Waals surface area contributed by atoms with Crippen LogP contribution in [0, 0.1) is 17.8 Å². The van der Waals surface area contributed by atoms with E-state index in [1.54, 1.807) is 11.0 Å². The molecule has 8 nitrogen and oxygen atoms in total. The quantitative estimate of drug-likeness (QED) is 0.384. The van der Waals surface area contributed by atoms with E-state index in [0.717, 1.165) is 6.42 Å². The Balaban J connectivity index is 2.13. The molecule has 3 aliphatic rings. The van der Waals surface area contributed by atoms with Crippen LogP contribution >= 0.6 is 0 Å². The zero-order valence-electron chi connectivity index (χ0n) is 21.2. The molecule has 2 unspecified atom stereocenters. The first kappa shape index (κ1) is 26.4. The van der Waals surface area contributed by atoms with Crippen molar-refractivity contribution in [3.63, 3.8) is 0 Å². The third-order valence-corrected chi connectivity index (χ3v) is 7.82. The van der Waals surface area contributed by atoms with Crippen LogP contribution in [-0.4, -0.2) is 81.8 Å². The van der Waals surface area contributed by atoms with Gasteiger partial charge in [-0.25, -0.2) is 0 Å². The molecule has 0 aliphatic carbocycles. The number of amides is 2. The van der Waals surface area contributed by atoms with Crippen molar-refractivity contribution in [3.8, 4) is 0 Å². The maximum Gasteiger partial charge on any atom is 0.312 e. The van der Waals surface area contributed by atoms with Crippen LogP contribution in [0.3, 0.4) is 0 Å². The number of rotatable bonds is 10. The topological polar surface area (TPSA) is 96.4 Å². The molecule has 1 N–H and O–H groups in total. The van der Waals surface area contributed by atoms with Crippen LogP contribution < -0.4 is 0 Å². The summed E-state index contributed by atoms with van der Waals surface area (Å²) in [6, 6.07) is -1.50. The first-order valence-electron chi connectivity index (χ1n) is 12.3. The van der Waals surface area contributed by atoms with Gasteiger partial charge in [0.1, 0.15) is 18.2 Å². The van der Waals surface area contributed by atoms with E-state index in [0.29, 0.717) is 19.4 Å². The highest BCUT2D eigenvalue weighted by molar-refractivity contribution is 5.98. The molecule has 34 heavy (non-hydrogen) atoms. The molecule has 7 atom stereocenters. The first-order valence-corrected chi connectivity index (χ1v) is 12.3. The standard InChI is InChI=1S/C26H40N2O6/c1-8-13-27(25(5,6)7)23(31)21-26-12-11-18(34-26)19(24(32)33-14-9-2)20(26)22(30)28(21)17(15-29)16(4)10-3/h8-9,16-21,29H,1-2,10-15H2,3-7H3/t16-,17-,18+,19-,20-,21?,26?/m0/s1. The highest BCUT2D eigenvalue weighted by atomic mass is 16.6. The SMILES string of the molecule is C=CCOC(=O)[C@@H]1[C@H]2C(=O)N([C@@H](CO)[C@@H](C)CC)C(C(=O)N(CC=C)C(C)(C)C)C23CC[C@H]1O3. The molecule has 0 aromatic rings. The van der Waals surface area contributed by atoms with Crippen LogP contribution in [0.4, 0.5) is 0 Å². The van der Waals surface area contributed by atoms with Gasteiger partial charge in [-0.3, -0.25) is 14.4 Å². The zero-order valence-corrected chi connectivity index (χ0v) is 21.2. The van der Waals surface area contributed by atoms with Gasteiger partial charge >= 0.3 is 5.97 Å². The first-order chi connectivity index (χ1) is 16.0. The Morgan fingerprint density at radius 3 is 2.56 bits per heavy atom. The number of likely N-dealkylation sites (tertiary alicyclic amines) is 1. The van der Waals surface area contributed by atoms with E-state index in [2.05, 4.69) is 13.2 Å². The number of hydrogen-bond acceptors (Lipinski definition) is 6. The summed E-state index contributed by atoms with van der Waals surface area (Å²) in [6.07, 6.45) is 4.47. The van der Waals surface area contributed by atoms with Crippen molar-refractivity contribution >= 4 is 17.8 Å². The predicted molar refractivity (Wildman–Crippen MR) is 128 cm³/mol. The Morgan fingerprint density at radius 1 is 1.35 bits per heavy atom. The van der Waals surface area contributed by atoms with Crippen LogP contribution in [0.1, 0.15) is 53.9 Å². The van der Waals surface area contributed by atoms with Crippen molar-refractivity contribution in [1.82, 2.24) is 9.80 Å². The Hall–Kier alpha value is -2.19. The molecule has 3 saturated heterocycles. The van der Waals surface area contributed by atoms with Gasteiger partial charge in [0, 0.05) is 12.1 Å². The lowest BCUT2D eigenvalue weighted by molar-refractivity contribution is -0.157. The average molecular weight is 477 g/mol. The smallest absolute Gasteiger partial charge is 0.312 e. The van der Waals surface area contributed by atoms with Gasteiger partial charge in [-0.15, -0.1) is 6.58 Å². The molecule has 0 saturated carbocycles. The van der Waals surface area contributed by atoms with Gasteiger partial charge in [0.15, 0.2) is 0 Å². The van der Waals surface area contributed by atoms with Gasteiger partial charge in [-0.2, -0.15) is 0 Å². The van der Waals surface area contributed by atoms with E-state index in [1.165, 1.54) is 11.0 Å². The van der Waals surface area contributed by atoms with Crippen molar-refractivity contribution in [3.05, 3.63) is 25.3 Å². The maximum atomic E-state index is 14.2. The van der Waals surface area contributed by atoms with E-state index < -0.39 is 47.1 Å². The number of fused-ring (bicyclic) bond motifs is 1. The average Bonchev–Trinajstić information content (AvgIpc) is 3.43. The highest BCUT2D eigenvalue weighted by Crippen LogP contribution is 2.59. The molecule has 3 fully saturated rings. The van der Waals surface area contributed by atoms with Crippen LogP contribution in [0.2, 0.25) is 0 Å². The summed E-state index contributed by atoms with van der Waals surface area (Å²) in [6.45, 7) is 17.2. The molecule has 0 aromatic carbocycles. The van der Waals surface area contributed by atoms with E-state index in [9.17, 15) is 19.5 Å². The summed E-state index contributed by atoms with van der Waals surface area (Å²) in [5.41, 5.74) is -1.65. The molecule has 2 bridgehead atoms. The van der Waals surface area contributed by atoms with E-state index >= 15 is 0 Å². The molecule has 8 heteroatoms. The summed E-state index contributed by atoms with van der Waals surface area (Å²) in [4.78, 5) is 44.5. The highest BCUT2D eigenvalue weighted by Gasteiger charge is 2.76. The summed E-state index contributed by atoms with van der Waals surface area (Å²) in [5, 5.41) is 10.4. The van der Waals surface area contributed by atoms with Crippen LogP contribution in [-0.2, 0) is 23.9 Å². The van der Waals surface area contributed by atoms with E-state index in [4.69, 9.17) is 9.47 Å². The second-order valence-corrected chi connectivity index (χ2v) is 10.8. The minimum atomic E-state index is -1.12. The van der Waals surface area contributed by atoms with Gasteiger partial charge in [-0.1, -0.05) is 39.0 Å². The zero-order chi connectivity index (χ0) is 25.4. The lowest BCUT2D eigenvalue weighted by Crippen LogP contribution is -2.62. The molecule has 0 aromatic heterocycles. The van der Waals surface area contributed by atoms with Gasteiger partial charge in [0.2, 0.25) is 11.8 Å². The Labute approximate surface area is 202 Å². The Bertz CT molecular complexity index is 836. The molecular formula is C26H40N2O6. The summed E-state index contributed by atoms with van der Waals surface area (Å²) in [7, 11) is 0. The number of esters is 1. The molecule has 3 aliphatic heterocycles. The van der Waals surface area contributed by atoms with E-state index in [-0.39, 0.29) is 30.9 Å². The van der Waals surface area contributed by atoms with Crippen LogP contribution in [0.5, 0.6) is 0 Å². The number of carbonyl (C=O) groups is 3. The molecule has 190 valence electrons. The van der Waals surface area contributed by atoms with Crippen LogP contribution in [0.15, 0.2) is 25.3 Å². The fourth-order valence-corrected chi connectivity index (χ4v) is 6.02. The number of aliphatic hydroxyl groups is 1. The van der Waals surface area contributed by atoms with Crippen molar-refractivity contribution < 1.29 is 29.0 Å². The van der Waals surface area contributed by atoms with Crippen molar-refractivity contribution in [1.29, 1.82) is 0 Å². The predicted octanol–water partition coefficient (Wildman–Crippen LogP) is 2.31. The third-order valence-electron chi connectivity index (χ3n) is 7.82. The molecule has 0 radical (unpaired) electrons. The van der Waals surface area contributed by atoms with Crippen molar-refractivity contribution in [2.45, 2.75) is 83.2 Å². The number of nitrogens with zero attached hydrogens (tertiary/aromatic N) is 2. The van der Waals surface area contributed by atoms with Crippen molar-refractivity contribution in [2.75, 3.05) is 19.8 Å². The third kappa shape index (κ3) is 4.09. The summed E-state index contributed by atoms with van der Waals surface area (Å²) >= 11 is 0.